The van der Waals surface area contributed by atoms with Crippen molar-refractivity contribution in [2.24, 2.45) is 11.8 Å². The van der Waals surface area contributed by atoms with Gasteiger partial charge in [-0.15, -0.1) is 0 Å². The molecule has 3 atom stereocenters. The Morgan fingerprint density at radius 1 is 1.26 bits per heavy atom. The van der Waals surface area contributed by atoms with Crippen molar-refractivity contribution in [2.45, 2.75) is 77.3 Å². The van der Waals surface area contributed by atoms with Crippen LogP contribution in [0.1, 0.15) is 65.2 Å². The molecule has 2 rings (SSSR count). The molecule has 1 aliphatic heterocycles. The fraction of sp³-hybridized carbons (Fsp3) is 0.938. The highest BCUT2D eigenvalue weighted by molar-refractivity contribution is 5.82. The molecule has 19 heavy (non-hydrogen) atoms. The fourth-order valence-corrected chi connectivity index (χ4v) is 3.64. The summed E-state index contributed by atoms with van der Waals surface area (Å²) in [6.07, 6.45) is 10.1. The molecule has 2 unspecified atom stereocenters. The van der Waals surface area contributed by atoms with E-state index in [1.54, 1.807) is 0 Å². The predicted molar refractivity (Wildman–Crippen MR) is 79.0 cm³/mol. The molecule has 110 valence electrons. The van der Waals surface area contributed by atoms with E-state index in [0.717, 1.165) is 18.9 Å². The summed E-state index contributed by atoms with van der Waals surface area (Å²) in [6, 6.07) is 0.390. The highest BCUT2D eigenvalue weighted by Gasteiger charge is 2.28. The Bertz CT molecular complexity index is 286. The van der Waals surface area contributed by atoms with E-state index < -0.39 is 0 Å². The average molecular weight is 266 g/mol. The van der Waals surface area contributed by atoms with Crippen molar-refractivity contribution in [3.63, 3.8) is 0 Å². The second kappa shape index (κ2) is 7.28. The summed E-state index contributed by atoms with van der Waals surface area (Å²) in [4.78, 5) is 12.3. The van der Waals surface area contributed by atoms with Crippen LogP contribution in [0, 0.1) is 11.8 Å². The Kier molecular flexibility index (Phi) is 5.68. The van der Waals surface area contributed by atoms with Crippen LogP contribution in [0.25, 0.3) is 0 Å². The number of amides is 1. The van der Waals surface area contributed by atoms with Crippen LogP contribution in [-0.2, 0) is 4.79 Å². The smallest absolute Gasteiger partial charge is 0.237 e. The maximum Gasteiger partial charge on any atom is 0.237 e. The molecule has 2 fully saturated rings. The summed E-state index contributed by atoms with van der Waals surface area (Å²) in [5.41, 5.74) is 0. The van der Waals surface area contributed by atoms with Crippen molar-refractivity contribution in [1.29, 1.82) is 0 Å². The van der Waals surface area contributed by atoms with Crippen LogP contribution in [0.5, 0.6) is 0 Å². The van der Waals surface area contributed by atoms with Gasteiger partial charge in [0.05, 0.1) is 6.04 Å². The minimum absolute atomic E-state index is 0.0461. The number of rotatable bonds is 4. The zero-order valence-electron chi connectivity index (χ0n) is 12.6. The van der Waals surface area contributed by atoms with E-state index in [-0.39, 0.29) is 11.9 Å². The van der Waals surface area contributed by atoms with Crippen LogP contribution in [0.2, 0.25) is 0 Å². The van der Waals surface area contributed by atoms with Gasteiger partial charge in [0.2, 0.25) is 5.91 Å². The largest absolute Gasteiger partial charge is 0.352 e. The Labute approximate surface area is 117 Å². The molecule has 1 saturated carbocycles. The summed E-state index contributed by atoms with van der Waals surface area (Å²) < 4.78 is 0. The molecule has 0 spiro atoms. The average Bonchev–Trinajstić information content (AvgIpc) is 2.48. The van der Waals surface area contributed by atoms with Gasteiger partial charge in [0.15, 0.2) is 0 Å². The maximum atomic E-state index is 12.3. The Morgan fingerprint density at radius 3 is 2.68 bits per heavy atom. The first-order valence-corrected chi connectivity index (χ1v) is 8.24. The molecule has 2 N–H and O–H groups in total. The van der Waals surface area contributed by atoms with Gasteiger partial charge in [0, 0.05) is 6.04 Å². The highest BCUT2D eigenvalue weighted by atomic mass is 16.2. The maximum absolute atomic E-state index is 12.3. The van der Waals surface area contributed by atoms with Crippen LogP contribution in [-0.4, -0.2) is 24.5 Å². The third-order valence-electron chi connectivity index (χ3n) is 5.13. The van der Waals surface area contributed by atoms with Crippen molar-refractivity contribution in [3.8, 4) is 0 Å². The third-order valence-corrected chi connectivity index (χ3v) is 5.13. The van der Waals surface area contributed by atoms with Crippen molar-refractivity contribution < 1.29 is 4.79 Å². The number of hydrogen-bond acceptors (Lipinski definition) is 2. The lowest BCUT2D eigenvalue weighted by Crippen LogP contribution is -2.52. The van der Waals surface area contributed by atoms with Crippen LogP contribution in [0.3, 0.4) is 0 Å². The first-order valence-electron chi connectivity index (χ1n) is 8.24. The Morgan fingerprint density at radius 2 is 2.00 bits per heavy atom. The predicted octanol–water partition coefficient (Wildman–Crippen LogP) is 2.85. The Balaban J connectivity index is 1.79. The number of carbonyl (C=O) groups excluding carboxylic acids is 1. The van der Waals surface area contributed by atoms with Crippen molar-refractivity contribution >= 4 is 5.91 Å². The summed E-state index contributed by atoms with van der Waals surface area (Å²) in [7, 11) is 0. The van der Waals surface area contributed by atoms with E-state index >= 15 is 0 Å². The van der Waals surface area contributed by atoms with Gasteiger partial charge in [0.25, 0.3) is 0 Å². The highest BCUT2D eigenvalue weighted by Crippen LogP contribution is 2.26. The van der Waals surface area contributed by atoms with Crippen molar-refractivity contribution in [3.05, 3.63) is 0 Å². The van der Waals surface area contributed by atoms with E-state index in [4.69, 9.17) is 0 Å². The number of nitrogens with one attached hydrogen (secondary N) is 2. The van der Waals surface area contributed by atoms with Crippen LogP contribution in [0.15, 0.2) is 0 Å². The number of hydrogen-bond donors (Lipinski definition) is 2. The second-order valence-corrected chi connectivity index (χ2v) is 6.50. The lowest BCUT2D eigenvalue weighted by atomic mass is 9.84. The van der Waals surface area contributed by atoms with Crippen LogP contribution >= 0.6 is 0 Å². The molecule has 0 radical (unpaired) electrons. The number of carbonyl (C=O) groups is 1. The molecule has 1 heterocycles. The molecule has 3 nitrogen and oxygen atoms in total. The lowest BCUT2D eigenvalue weighted by molar-refractivity contribution is -0.125. The second-order valence-electron chi connectivity index (χ2n) is 6.50. The zero-order valence-corrected chi connectivity index (χ0v) is 12.6. The van der Waals surface area contributed by atoms with Crippen molar-refractivity contribution in [1.82, 2.24) is 10.6 Å². The van der Waals surface area contributed by atoms with Crippen molar-refractivity contribution in [2.75, 3.05) is 6.54 Å². The first-order chi connectivity index (χ1) is 9.20. The molecule has 0 aromatic rings. The minimum Gasteiger partial charge on any atom is -0.352 e. The molecule has 1 aliphatic carbocycles. The third kappa shape index (κ3) is 4.20. The summed E-state index contributed by atoms with van der Waals surface area (Å²) in [5.74, 6) is 1.65. The lowest BCUT2D eigenvalue weighted by Gasteiger charge is -2.32. The van der Waals surface area contributed by atoms with E-state index in [1.807, 2.05) is 0 Å². The van der Waals surface area contributed by atoms with Gasteiger partial charge in [-0.2, -0.15) is 0 Å². The quantitative estimate of drug-likeness (QED) is 0.821. The molecule has 0 aromatic heterocycles. The van der Waals surface area contributed by atoms with Gasteiger partial charge < -0.3 is 10.6 Å². The number of piperidine rings is 1. The summed E-state index contributed by atoms with van der Waals surface area (Å²) in [5, 5.41) is 6.64. The molecule has 1 amide bonds. The van der Waals surface area contributed by atoms with Gasteiger partial charge in [-0.3, -0.25) is 4.79 Å². The summed E-state index contributed by atoms with van der Waals surface area (Å²) >= 11 is 0. The molecule has 0 bridgehead atoms. The van der Waals surface area contributed by atoms with Gasteiger partial charge in [-0.05, 0) is 51.0 Å². The van der Waals surface area contributed by atoms with Gasteiger partial charge >= 0.3 is 0 Å². The minimum atomic E-state index is 0.0461. The standard InChI is InChI=1S/C16H30N2O/c1-3-13-9-10-17-15(11-13)16(19)18-12(2)14-7-5-4-6-8-14/h12-15,17H,3-11H2,1-2H3,(H,18,19)/t12-,13?,15?/m1/s1. The van der Waals surface area contributed by atoms with E-state index in [9.17, 15) is 4.79 Å². The monoisotopic (exact) mass is 266 g/mol. The first kappa shape index (κ1) is 14.8. The molecule has 3 heteroatoms. The zero-order chi connectivity index (χ0) is 13.7. The van der Waals surface area contributed by atoms with Gasteiger partial charge in [-0.1, -0.05) is 32.6 Å². The fourth-order valence-electron chi connectivity index (χ4n) is 3.64. The molecule has 1 saturated heterocycles. The van der Waals surface area contributed by atoms with E-state index in [0.29, 0.717) is 12.0 Å². The van der Waals surface area contributed by atoms with Gasteiger partial charge in [0.1, 0.15) is 0 Å². The van der Waals surface area contributed by atoms with E-state index in [1.165, 1.54) is 44.9 Å². The normalized spacial score (nSPS) is 30.8. The van der Waals surface area contributed by atoms with Crippen LogP contribution in [0.4, 0.5) is 0 Å². The molecule has 2 aliphatic rings. The topological polar surface area (TPSA) is 41.1 Å². The van der Waals surface area contributed by atoms with Gasteiger partial charge in [-0.25, -0.2) is 0 Å². The Hall–Kier alpha value is -0.570. The molecule has 0 aromatic carbocycles. The molecular formula is C16H30N2O. The molecular weight excluding hydrogens is 236 g/mol. The SMILES string of the molecule is CCC1CCNC(C(=O)N[C@H](C)C2CCCCC2)C1. The summed E-state index contributed by atoms with van der Waals surface area (Å²) in [6.45, 7) is 5.41. The van der Waals surface area contributed by atoms with E-state index in [2.05, 4.69) is 24.5 Å². The van der Waals surface area contributed by atoms with Crippen LogP contribution < -0.4 is 10.6 Å².